The van der Waals surface area contributed by atoms with Crippen molar-refractivity contribution < 1.29 is 9.47 Å². The molecule has 0 spiro atoms. The van der Waals surface area contributed by atoms with Crippen LogP contribution in [0.5, 0.6) is 11.5 Å². The van der Waals surface area contributed by atoms with E-state index in [1.807, 2.05) is 24.3 Å². The molecule has 0 bridgehead atoms. The second kappa shape index (κ2) is 5.77. The van der Waals surface area contributed by atoms with Crippen molar-refractivity contribution >= 4 is 21.8 Å². The predicted octanol–water partition coefficient (Wildman–Crippen LogP) is 3.25. The lowest BCUT2D eigenvalue weighted by Crippen LogP contribution is -2.13. The molecule has 5 heteroatoms. The van der Waals surface area contributed by atoms with E-state index < -0.39 is 0 Å². The minimum atomic E-state index is 0.00122. The van der Waals surface area contributed by atoms with Crippen LogP contribution < -0.4 is 15.2 Å². The molecule has 3 rings (SSSR count). The van der Waals surface area contributed by atoms with Gasteiger partial charge < -0.3 is 15.2 Å². The van der Waals surface area contributed by atoms with Crippen LogP contribution in [-0.2, 0) is 13.0 Å². The van der Waals surface area contributed by atoms with Crippen LogP contribution in [0, 0.1) is 5.41 Å². The van der Waals surface area contributed by atoms with Gasteiger partial charge in [-0.05, 0) is 29.8 Å². The van der Waals surface area contributed by atoms with Gasteiger partial charge in [0.05, 0.1) is 12.2 Å². The second-order valence-electron chi connectivity index (χ2n) is 4.85. The van der Waals surface area contributed by atoms with Crippen molar-refractivity contribution in [3.05, 3.63) is 57.6 Å². The summed E-state index contributed by atoms with van der Waals surface area (Å²) in [7, 11) is 0. The maximum Gasteiger partial charge on any atom is 0.130 e. The van der Waals surface area contributed by atoms with Crippen LogP contribution in [-0.4, -0.2) is 12.4 Å². The maximum atomic E-state index is 7.58. The Morgan fingerprint density at radius 3 is 2.95 bits per heavy atom. The number of benzene rings is 2. The topological polar surface area (TPSA) is 68.3 Å². The fraction of sp³-hybridized carbons (Fsp3) is 0.188. The Bertz CT molecular complexity index is 701. The molecule has 2 aromatic carbocycles. The average Bonchev–Trinajstić information content (AvgIpc) is 2.93. The summed E-state index contributed by atoms with van der Waals surface area (Å²) in [6.45, 7) is 1.09. The quantitative estimate of drug-likeness (QED) is 0.659. The van der Waals surface area contributed by atoms with Crippen LogP contribution in [0.1, 0.15) is 16.7 Å². The average molecular weight is 347 g/mol. The van der Waals surface area contributed by atoms with Crippen molar-refractivity contribution in [2.45, 2.75) is 13.0 Å². The summed E-state index contributed by atoms with van der Waals surface area (Å²) >= 11 is 3.51. The minimum absolute atomic E-state index is 0.00122. The van der Waals surface area contributed by atoms with Gasteiger partial charge in [-0.1, -0.05) is 28.1 Å². The fourth-order valence-electron chi connectivity index (χ4n) is 2.42. The zero-order chi connectivity index (χ0) is 14.8. The molecule has 21 heavy (non-hydrogen) atoms. The normalized spacial score (nSPS) is 12.6. The molecule has 0 amide bonds. The van der Waals surface area contributed by atoms with Crippen LogP contribution in [0.4, 0.5) is 0 Å². The van der Waals surface area contributed by atoms with Crippen molar-refractivity contribution in [3.8, 4) is 11.5 Å². The Morgan fingerprint density at radius 2 is 2.14 bits per heavy atom. The van der Waals surface area contributed by atoms with E-state index >= 15 is 0 Å². The first-order valence-corrected chi connectivity index (χ1v) is 7.45. The largest absolute Gasteiger partial charge is 0.493 e. The standard InChI is InChI=1S/C16H15BrN2O2/c17-12-7-10-5-6-20-15(10)11(8-12)9-21-14-4-2-1-3-13(14)16(18)19/h1-4,7-8H,5-6,9H2,(H3,18,19). The Kier molecular flexibility index (Phi) is 3.84. The zero-order valence-electron chi connectivity index (χ0n) is 11.4. The third kappa shape index (κ3) is 2.88. The van der Waals surface area contributed by atoms with Gasteiger partial charge in [-0.2, -0.15) is 0 Å². The van der Waals surface area contributed by atoms with Crippen LogP contribution in [0.25, 0.3) is 0 Å². The van der Waals surface area contributed by atoms with Crippen molar-refractivity contribution in [2.75, 3.05) is 6.61 Å². The summed E-state index contributed by atoms with van der Waals surface area (Å²) in [5, 5.41) is 7.58. The molecular formula is C16H15BrN2O2. The van der Waals surface area contributed by atoms with E-state index in [2.05, 4.69) is 22.0 Å². The van der Waals surface area contributed by atoms with Crippen molar-refractivity contribution in [1.29, 1.82) is 5.41 Å². The molecule has 0 saturated carbocycles. The molecule has 4 nitrogen and oxygen atoms in total. The summed E-state index contributed by atoms with van der Waals surface area (Å²) in [6.07, 6.45) is 0.922. The molecule has 0 atom stereocenters. The highest BCUT2D eigenvalue weighted by atomic mass is 79.9. The minimum Gasteiger partial charge on any atom is -0.493 e. The number of nitrogens with two attached hydrogens (primary N) is 1. The van der Waals surface area contributed by atoms with Crippen LogP contribution in [0.15, 0.2) is 40.9 Å². The number of nitrogens with one attached hydrogen (secondary N) is 1. The van der Waals surface area contributed by atoms with Gasteiger partial charge in [0, 0.05) is 16.5 Å². The summed E-state index contributed by atoms with van der Waals surface area (Å²) in [5.74, 6) is 1.52. The Hall–Kier alpha value is -2.01. The molecule has 0 radical (unpaired) electrons. The summed E-state index contributed by atoms with van der Waals surface area (Å²) in [5.41, 5.74) is 8.36. The van der Waals surface area contributed by atoms with Gasteiger partial charge in [0.1, 0.15) is 23.9 Å². The lowest BCUT2D eigenvalue weighted by molar-refractivity contribution is 0.291. The number of hydrogen-bond donors (Lipinski definition) is 2. The first-order valence-electron chi connectivity index (χ1n) is 6.65. The van der Waals surface area contributed by atoms with Crippen LogP contribution >= 0.6 is 15.9 Å². The van der Waals surface area contributed by atoms with Crippen LogP contribution in [0.3, 0.4) is 0 Å². The highest BCUT2D eigenvalue weighted by molar-refractivity contribution is 9.10. The molecule has 0 aliphatic carbocycles. The Labute approximate surface area is 131 Å². The van der Waals surface area contributed by atoms with E-state index in [1.54, 1.807) is 6.07 Å². The monoisotopic (exact) mass is 346 g/mol. The highest BCUT2D eigenvalue weighted by Gasteiger charge is 2.18. The van der Waals surface area contributed by atoms with Crippen LogP contribution in [0.2, 0.25) is 0 Å². The van der Waals surface area contributed by atoms with E-state index in [-0.39, 0.29) is 5.84 Å². The van der Waals surface area contributed by atoms with Crippen molar-refractivity contribution in [1.82, 2.24) is 0 Å². The molecule has 108 valence electrons. The molecule has 0 fully saturated rings. The number of ether oxygens (including phenoxy) is 2. The second-order valence-corrected chi connectivity index (χ2v) is 5.77. The number of hydrogen-bond acceptors (Lipinski definition) is 3. The third-order valence-electron chi connectivity index (χ3n) is 3.39. The van der Waals surface area contributed by atoms with Gasteiger partial charge in [-0.15, -0.1) is 0 Å². The van der Waals surface area contributed by atoms with Crippen molar-refractivity contribution in [3.63, 3.8) is 0 Å². The summed E-state index contributed by atoms with van der Waals surface area (Å²) in [4.78, 5) is 0. The van der Waals surface area contributed by atoms with E-state index in [4.69, 9.17) is 20.6 Å². The van der Waals surface area contributed by atoms with E-state index in [0.717, 1.165) is 22.2 Å². The maximum absolute atomic E-state index is 7.58. The SMILES string of the molecule is N=C(N)c1ccccc1OCc1cc(Br)cc2c1OCC2. The fourth-order valence-corrected chi connectivity index (χ4v) is 2.98. The van der Waals surface area contributed by atoms with E-state index in [1.165, 1.54) is 5.56 Å². The number of nitrogen functional groups attached to an aromatic ring is 1. The predicted molar refractivity (Wildman–Crippen MR) is 85.1 cm³/mol. The molecule has 2 aromatic rings. The number of amidine groups is 1. The van der Waals surface area contributed by atoms with Gasteiger partial charge in [-0.25, -0.2) is 0 Å². The zero-order valence-corrected chi connectivity index (χ0v) is 12.9. The van der Waals surface area contributed by atoms with E-state index in [9.17, 15) is 0 Å². The van der Waals surface area contributed by atoms with Crippen molar-refractivity contribution in [2.24, 2.45) is 5.73 Å². The number of para-hydroxylation sites is 1. The molecule has 0 aromatic heterocycles. The number of rotatable bonds is 4. The van der Waals surface area contributed by atoms with Gasteiger partial charge in [0.15, 0.2) is 0 Å². The highest BCUT2D eigenvalue weighted by Crippen LogP contribution is 2.33. The summed E-state index contributed by atoms with van der Waals surface area (Å²) < 4.78 is 12.5. The summed E-state index contributed by atoms with van der Waals surface area (Å²) in [6, 6.07) is 11.4. The first-order chi connectivity index (χ1) is 10.1. The lowest BCUT2D eigenvalue weighted by Gasteiger charge is -2.13. The lowest BCUT2D eigenvalue weighted by atomic mass is 10.1. The van der Waals surface area contributed by atoms with Gasteiger partial charge in [0.25, 0.3) is 0 Å². The molecule has 1 aliphatic heterocycles. The van der Waals surface area contributed by atoms with E-state index in [0.29, 0.717) is 24.5 Å². The number of fused-ring (bicyclic) bond motifs is 1. The van der Waals surface area contributed by atoms with Gasteiger partial charge in [0.2, 0.25) is 0 Å². The Morgan fingerprint density at radius 1 is 1.33 bits per heavy atom. The first kappa shape index (κ1) is 13.9. The Balaban J connectivity index is 1.85. The third-order valence-corrected chi connectivity index (χ3v) is 3.84. The molecular weight excluding hydrogens is 332 g/mol. The van der Waals surface area contributed by atoms with Gasteiger partial charge >= 0.3 is 0 Å². The molecule has 0 unspecified atom stereocenters. The number of halogens is 1. The molecule has 3 N–H and O–H groups in total. The molecule has 1 aliphatic rings. The van der Waals surface area contributed by atoms with Gasteiger partial charge in [-0.3, -0.25) is 5.41 Å². The molecule has 1 heterocycles. The molecule has 0 saturated heterocycles. The smallest absolute Gasteiger partial charge is 0.130 e.